The molecular weight excluding hydrogens is 344 g/mol. The van der Waals surface area contributed by atoms with Crippen LogP contribution in [-0.2, 0) is 11.3 Å². The summed E-state index contributed by atoms with van der Waals surface area (Å²) < 4.78 is 1.24. The predicted molar refractivity (Wildman–Crippen MR) is 102 cm³/mol. The third-order valence-corrected chi connectivity index (χ3v) is 5.32. The molecule has 0 aliphatic carbocycles. The van der Waals surface area contributed by atoms with Crippen molar-refractivity contribution in [3.63, 3.8) is 0 Å². The number of fused-ring (bicyclic) bond motifs is 1. The van der Waals surface area contributed by atoms with Crippen LogP contribution in [-0.4, -0.2) is 52.9 Å². The second-order valence-corrected chi connectivity index (χ2v) is 7.19. The maximum atomic E-state index is 12.2. The number of nitrogens with two attached hydrogens (primary N) is 1. The van der Waals surface area contributed by atoms with Crippen LogP contribution in [0.2, 0.25) is 0 Å². The third kappa shape index (κ3) is 4.45. The standard InChI is InChI=1S/C17H24N4OS.ClH/c1-2-5-13(18)17(22)21-10-8-20(9-11-21)12-16-19-14-6-3-4-7-15(14)23-16;/h3-4,6-7,13H,2,5,8-12,18H2,1H3;1H. The molecule has 24 heavy (non-hydrogen) atoms. The van der Waals surface area contributed by atoms with Gasteiger partial charge in [-0.3, -0.25) is 9.69 Å². The molecule has 1 unspecified atom stereocenters. The second kappa shape index (κ2) is 8.76. The number of hydrogen-bond acceptors (Lipinski definition) is 5. The van der Waals surface area contributed by atoms with Gasteiger partial charge in [-0.25, -0.2) is 4.98 Å². The van der Waals surface area contributed by atoms with Gasteiger partial charge in [-0.05, 0) is 18.6 Å². The first kappa shape index (κ1) is 19.1. The lowest BCUT2D eigenvalue weighted by Gasteiger charge is -2.35. The number of carbonyl (C=O) groups excluding carboxylic acids is 1. The van der Waals surface area contributed by atoms with Crippen molar-refractivity contribution >= 4 is 39.9 Å². The predicted octanol–water partition coefficient (Wildman–Crippen LogP) is 2.49. The summed E-state index contributed by atoms with van der Waals surface area (Å²) in [5, 5.41) is 1.15. The van der Waals surface area contributed by atoms with Crippen molar-refractivity contribution in [2.45, 2.75) is 32.4 Å². The molecule has 0 spiro atoms. The van der Waals surface area contributed by atoms with Crippen molar-refractivity contribution in [2.24, 2.45) is 5.73 Å². The van der Waals surface area contributed by atoms with E-state index in [9.17, 15) is 4.79 Å². The number of piperazine rings is 1. The first-order valence-corrected chi connectivity index (χ1v) is 9.10. The third-order valence-electron chi connectivity index (χ3n) is 4.30. The highest BCUT2D eigenvalue weighted by molar-refractivity contribution is 7.18. The minimum Gasteiger partial charge on any atom is -0.339 e. The molecule has 132 valence electrons. The largest absolute Gasteiger partial charge is 0.339 e. The molecule has 1 aliphatic rings. The van der Waals surface area contributed by atoms with Gasteiger partial charge < -0.3 is 10.6 Å². The van der Waals surface area contributed by atoms with Crippen LogP contribution in [0, 0.1) is 0 Å². The zero-order valence-electron chi connectivity index (χ0n) is 14.0. The fraction of sp³-hybridized carbons (Fsp3) is 0.529. The Bertz CT molecular complexity index is 636. The van der Waals surface area contributed by atoms with E-state index in [1.54, 1.807) is 11.3 Å². The summed E-state index contributed by atoms with van der Waals surface area (Å²) >= 11 is 1.76. The Hall–Kier alpha value is -1.21. The fourth-order valence-electron chi connectivity index (χ4n) is 2.97. The molecule has 1 saturated heterocycles. The quantitative estimate of drug-likeness (QED) is 0.880. The SMILES string of the molecule is CCCC(N)C(=O)N1CCN(Cc2nc3ccccc3s2)CC1.Cl. The van der Waals surface area contributed by atoms with Crippen LogP contribution in [0.5, 0.6) is 0 Å². The van der Waals surface area contributed by atoms with Crippen LogP contribution in [0.25, 0.3) is 10.2 Å². The number of benzene rings is 1. The Balaban J connectivity index is 0.00000208. The van der Waals surface area contributed by atoms with Crippen LogP contribution in [0.1, 0.15) is 24.8 Å². The molecule has 1 aromatic heterocycles. The molecule has 1 aliphatic heterocycles. The molecular formula is C17H25ClN4OS. The van der Waals surface area contributed by atoms with Crippen molar-refractivity contribution in [2.75, 3.05) is 26.2 Å². The van der Waals surface area contributed by atoms with Crippen LogP contribution < -0.4 is 5.73 Å². The molecule has 3 rings (SSSR count). The first-order chi connectivity index (χ1) is 11.2. The Labute approximate surface area is 153 Å². The smallest absolute Gasteiger partial charge is 0.239 e. The van der Waals surface area contributed by atoms with E-state index >= 15 is 0 Å². The number of amides is 1. The van der Waals surface area contributed by atoms with E-state index in [-0.39, 0.29) is 24.4 Å². The average molecular weight is 369 g/mol. The highest BCUT2D eigenvalue weighted by Gasteiger charge is 2.25. The number of aromatic nitrogens is 1. The number of halogens is 1. The summed E-state index contributed by atoms with van der Waals surface area (Å²) in [6.45, 7) is 6.23. The zero-order chi connectivity index (χ0) is 16.2. The maximum Gasteiger partial charge on any atom is 0.239 e. The van der Waals surface area contributed by atoms with Crippen molar-refractivity contribution in [3.8, 4) is 0 Å². The second-order valence-electron chi connectivity index (χ2n) is 6.07. The Morgan fingerprint density at radius 2 is 2.00 bits per heavy atom. The summed E-state index contributed by atoms with van der Waals surface area (Å²) in [6, 6.07) is 7.91. The van der Waals surface area contributed by atoms with Gasteiger partial charge in [0.25, 0.3) is 0 Å². The minimum atomic E-state index is -0.337. The number of rotatable bonds is 5. The van der Waals surface area contributed by atoms with E-state index in [0.29, 0.717) is 0 Å². The molecule has 0 radical (unpaired) electrons. The normalized spacial score (nSPS) is 16.8. The lowest BCUT2D eigenvalue weighted by atomic mass is 10.1. The molecule has 0 bridgehead atoms. The van der Waals surface area contributed by atoms with Gasteiger partial charge in [0.05, 0.1) is 22.8 Å². The van der Waals surface area contributed by atoms with Crippen molar-refractivity contribution in [1.29, 1.82) is 0 Å². The molecule has 2 N–H and O–H groups in total. The monoisotopic (exact) mass is 368 g/mol. The summed E-state index contributed by atoms with van der Waals surface area (Å²) in [5.41, 5.74) is 7.02. The fourth-order valence-corrected chi connectivity index (χ4v) is 3.98. The van der Waals surface area contributed by atoms with Crippen LogP contribution in [0.3, 0.4) is 0 Å². The molecule has 1 aromatic carbocycles. The topological polar surface area (TPSA) is 62.5 Å². The first-order valence-electron chi connectivity index (χ1n) is 8.28. The van der Waals surface area contributed by atoms with Gasteiger partial charge in [0.2, 0.25) is 5.91 Å². The van der Waals surface area contributed by atoms with Gasteiger partial charge in [-0.2, -0.15) is 0 Å². The van der Waals surface area contributed by atoms with Gasteiger partial charge in [0, 0.05) is 26.2 Å². The molecule has 1 atom stereocenters. The van der Waals surface area contributed by atoms with Crippen LogP contribution in [0.4, 0.5) is 0 Å². The average Bonchev–Trinajstić information content (AvgIpc) is 2.97. The number of para-hydroxylation sites is 1. The number of thiazole rings is 1. The minimum absolute atomic E-state index is 0. The summed E-state index contributed by atoms with van der Waals surface area (Å²) in [7, 11) is 0. The van der Waals surface area contributed by atoms with E-state index < -0.39 is 0 Å². The molecule has 2 aromatic rings. The molecule has 5 nitrogen and oxygen atoms in total. The van der Waals surface area contributed by atoms with Gasteiger partial charge >= 0.3 is 0 Å². The van der Waals surface area contributed by atoms with Crippen molar-refractivity contribution < 1.29 is 4.79 Å². The highest BCUT2D eigenvalue weighted by Crippen LogP contribution is 2.23. The summed E-state index contributed by atoms with van der Waals surface area (Å²) in [4.78, 5) is 21.2. The summed E-state index contributed by atoms with van der Waals surface area (Å²) in [5.74, 6) is 0.103. The van der Waals surface area contributed by atoms with Crippen molar-refractivity contribution in [1.82, 2.24) is 14.8 Å². The van der Waals surface area contributed by atoms with E-state index in [1.807, 2.05) is 17.0 Å². The number of carbonyl (C=O) groups is 1. The molecule has 2 heterocycles. The van der Waals surface area contributed by atoms with Gasteiger partial charge in [0.15, 0.2) is 0 Å². The molecule has 1 fully saturated rings. The van der Waals surface area contributed by atoms with Crippen LogP contribution >= 0.6 is 23.7 Å². The van der Waals surface area contributed by atoms with Gasteiger partial charge in [0.1, 0.15) is 5.01 Å². The van der Waals surface area contributed by atoms with E-state index in [4.69, 9.17) is 5.73 Å². The zero-order valence-corrected chi connectivity index (χ0v) is 15.6. The lowest BCUT2D eigenvalue weighted by molar-refractivity contribution is -0.134. The maximum absolute atomic E-state index is 12.2. The molecule has 7 heteroatoms. The molecule has 0 saturated carbocycles. The number of nitrogens with zero attached hydrogens (tertiary/aromatic N) is 3. The Morgan fingerprint density at radius 3 is 2.67 bits per heavy atom. The van der Waals surface area contributed by atoms with Crippen LogP contribution in [0.15, 0.2) is 24.3 Å². The van der Waals surface area contributed by atoms with Gasteiger partial charge in [-0.1, -0.05) is 25.5 Å². The van der Waals surface area contributed by atoms with E-state index in [1.165, 1.54) is 4.70 Å². The Morgan fingerprint density at radius 1 is 1.29 bits per heavy atom. The highest BCUT2D eigenvalue weighted by atomic mass is 35.5. The number of hydrogen-bond donors (Lipinski definition) is 1. The summed E-state index contributed by atoms with van der Waals surface area (Å²) in [6.07, 6.45) is 1.72. The van der Waals surface area contributed by atoms with E-state index in [2.05, 4.69) is 28.9 Å². The van der Waals surface area contributed by atoms with Crippen molar-refractivity contribution in [3.05, 3.63) is 29.3 Å². The lowest BCUT2D eigenvalue weighted by Crippen LogP contribution is -2.52. The molecule has 1 amide bonds. The van der Waals surface area contributed by atoms with Gasteiger partial charge in [-0.15, -0.1) is 23.7 Å². The Kier molecular flexibility index (Phi) is 6.98. The van der Waals surface area contributed by atoms with E-state index in [0.717, 1.165) is 56.1 Å².